The molecule has 0 aliphatic carbocycles. The second kappa shape index (κ2) is 7.73. The van der Waals surface area contributed by atoms with E-state index in [0.717, 1.165) is 38.1 Å². The number of amides is 3. The van der Waals surface area contributed by atoms with E-state index in [0.29, 0.717) is 13.0 Å². The smallest absolute Gasteiger partial charge is 0.315 e. The molecule has 23 heavy (non-hydrogen) atoms. The van der Waals surface area contributed by atoms with Crippen molar-refractivity contribution in [1.82, 2.24) is 15.5 Å². The number of fused-ring (bicyclic) bond motifs is 1. The molecule has 0 bridgehead atoms. The van der Waals surface area contributed by atoms with E-state index in [-0.39, 0.29) is 18.0 Å². The van der Waals surface area contributed by atoms with E-state index < -0.39 is 0 Å². The maximum absolute atomic E-state index is 12.1. The lowest BCUT2D eigenvalue weighted by Crippen LogP contribution is -2.40. The third kappa shape index (κ3) is 4.19. The minimum atomic E-state index is -0.121. The Bertz CT molecular complexity index is 579. The van der Waals surface area contributed by atoms with Gasteiger partial charge in [0.15, 0.2) is 0 Å². The van der Waals surface area contributed by atoms with E-state index in [1.54, 1.807) is 0 Å². The number of hydrogen-bond donors (Lipinski definition) is 2. The summed E-state index contributed by atoms with van der Waals surface area (Å²) >= 11 is 1.85. The first-order valence-corrected chi connectivity index (χ1v) is 9.26. The predicted octanol–water partition coefficient (Wildman–Crippen LogP) is 2.54. The number of carbonyl (C=O) groups is 2. The Hall–Kier alpha value is -1.69. The first-order chi connectivity index (χ1) is 11.2. The highest BCUT2D eigenvalue weighted by Crippen LogP contribution is 2.35. The van der Waals surface area contributed by atoms with Crippen molar-refractivity contribution in [2.75, 3.05) is 25.4 Å². The molecular formula is C17H23N3O2S. The minimum Gasteiger partial charge on any atom is -0.343 e. The van der Waals surface area contributed by atoms with Crippen molar-refractivity contribution >= 4 is 23.7 Å². The highest BCUT2D eigenvalue weighted by molar-refractivity contribution is 7.99. The number of likely N-dealkylation sites (tertiary alicyclic amines) is 1. The highest BCUT2D eigenvalue weighted by Gasteiger charge is 2.22. The van der Waals surface area contributed by atoms with Gasteiger partial charge in [0.1, 0.15) is 0 Å². The molecule has 124 valence electrons. The van der Waals surface area contributed by atoms with Crippen LogP contribution in [0.15, 0.2) is 29.2 Å². The van der Waals surface area contributed by atoms with Crippen LogP contribution in [-0.2, 0) is 4.79 Å². The molecule has 0 unspecified atom stereocenters. The monoisotopic (exact) mass is 333 g/mol. The van der Waals surface area contributed by atoms with Gasteiger partial charge in [0.05, 0.1) is 6.04 Å². The fraction of sp³-hybridized carbons (Fsp3) is 0.529. The number of urea groups is 1. The Morgan fingerprint density at radius 1 is 1.35 bits per heavy atom. The van der Waals surface area contributed by atoms with Gasteiger partial charge in [-0.25, -0.2) is 4.79 Å². The topological polar surface area (TPSA) is 61.4 Å². The van der Waals surface area contributed by atoms with Gasteiger partial charge in [-0.3, -0.25) is 4.79 Å². The van der Waals surface area contributed by atoms with Crippen LogP contribution in [-0.4, -0.2) is 42.2 Å². The predicted molar refractivity (Wildman–Crippen MR) is 91.5 cm³/mol. The molecule has 5 nitrogen and oxygen atoms in total. The molecule has 2 aliphatic rings. The van der Waals surface area contributed by atoms with Gasteiger partial charge in [0, 0.05) is 36.7 Å². The second-order valence-corrected chi connectivity index (χ2v) is 7.10. The van der Waals surface area contributed by atoms with Crippen LogP contribution >= 0.6 is 11.8 Å². The van der Waals surface area contributed by atoms with Gasteiger partial charge < -0.3 is 15.5 Å². The van der Waals surface area contributed by atoms with Crippen LogP contribution < -0.4 is 10.6 Å². The number of nitrogens with one attached hydrogen (secondary N) is 2. The first kappa shape index (κ1) is 16.2. The molecular weight excluding hydrogens is 310 g/mol. The van der Waals surface area contributed by atoms with Gasteiger partial charge in [-0.1, -0.05) is 18.2 Å². The van der Waals surface area contributed by atoms with E-state index in [1.807, 2.05) is 28.8 Å². The molecule has 2 N–H and O–H groups in total. The van der Waals surface area contributed by atoms with E-state index in [9.17, 15) is 9.59 Å². The van der Waals surface area contributed by atoms with E-state index in [2.05, 4.69) is 22.8 Å². The first-order valence-electron chi connectivity index (χ1n) is 8.28. The zero-order chi connectivity index (χ0) is 16.1. The lowest BCUT2D eigenvalue weighted by atomic mass is 10.0. The molecule has 6 heteroatoms. The van der Waals surface area contributed by atoms with Gasteiger partial charge in [0.2, 0.25) is 5.91 Å². The van der Waals surface area contributed by atoms with Crippen molar-refractivity contribution in [3.05, 3.63) is 29.8 Å². The SMILES string of the molecule is O=C(NCCCN1CCCC1=O)N[C@@H]1CCSc2ccccc21. The molecule has 1 aromatic carbocycles. The van der Waals surface area contributed by atoms with Crippen molar-refractivity contribution in [2.45, 2.75) is 36.6 Å². The highest BCUT2D eigenvalue weighted by atomic mass is 32.2. The van der Waals surface area contributed by atoms with E-state index in [4.69, 9.17) is 0 Å². The molecule has 3 amide bonds. The Morgan fingerprint density at radius 2 is 2.22 bits per heavy atom. The molecule has 1 fully saturated rings. The average Bonchev–Trinajstić information content (AvgIpc) is 2.97. The summed E-state index contributed by atoms with van der Waals surface area (Å²) in [4.78, 5) is 26.7. The summed E-state index contributed by atoms with van der Waals surface area (Å²) in [5.41, 5.74) is 1.21. The zero-order valence-electron chi connectivity index (χ0n) is 13.2. The largest absolute Gasteiger partial charge is 0.343 e. The lowest BCUT2D eigenvalue weighted by molar-refractivity contribution is -0.127. The fourth-order valence-electron chi connectivity index (χ4n) is 3.11. The van der Waals surface area contributed by atoms with E-state index >= 15 is 0 Å². The van der Waals surface area contributed by atoms with Gasteiger partial charge in [0.25, 0.3) is 0 Å². The number of thioether (sulfide) groups is 1. The molecule has 0 saturated carbocycles. The molecule has 0 aromatic heterocycles. The number of carbonyl (C=O) groups excluding carboxylic acids is 2. The molecule has 2 aliphatic heterocycles. The van der Waals surface area contributed by atoms with Gasteiger partial charge in [-0.2, -0.15) is 0 Å². The van der Waals surface area contributed by atoms with Crippen molar-refractivity contribution in [1.29, 1.82) is 0 Å². The second-order valence-electron chi connectivity index (χ2n) is 5.97. The van der Waals surface area contributed by atoms with E-state index in [1.165, 1.54) is 10.5 Å². The maximum Gasteiger partial charge on any atom is 0.315 e. The Morgan fingerprint density at radius 3 is 3.04 bits per heavy atom. The fourth-order valence-corrected chi connectivity index (χ4v) is 4.24. The number of rotatable bonds is 5. The van der Waals surface area contributed by atoms with Crippen LogP contribution in [0.4, 0.5) is 4.79 Å². The van der Waals surface area contributed by atoms with Crippen LogP contribution in [0.1, 0.15) is 37.3 Å². The van der Waals surface area contributed by atoms with Gasteiger partial charge >= 0.3 is 6.03 Å². The van der Waals surface area contributed by atoms with Gasteiger partial charge in [-0.05, 0) is 30.9 Å². The average molecular weight is 333 g/mol. The van der Waals surface area contributed by atoms with Gasteiger partial charge in [-0.15, -0.1) is 11.8 Å². The summed E-state index contributed by atoms with van der Waals surface area (Å²) in [6.07, 6.45) is 3.40. The molecule has 2 heterocycles. The van der Waals surface area contributed by atoms with Crippen LogP contribution in [0, 0.1) is 0 Å². The molecule has 3 rings (SSSR count). The lowest BCUT2D eigenvalue weighted by Gasteiger charge is -2.26. The summed E-state index contributed by atoms with van der Waals surface area (Å²) < 4.78 is 0. The minimum absolute atomic E-state index is 0.0904. The van der Waals surface area contributed by atoms with Crippen LogP contribution in [0.3, 0.4) is 0 Å². The third-order valence-corrected chi connectivity index (χ3v) is 5.45. The molecule has 1 saturated heterocycles. The maximum atomic E-state index is 12.1. The van der Waals surface area contributed by atoms with Crippen LogP contribution in [0.25, 0.3) is 0 Å². The molecule has 1 aromatic rings. The van der Waals surface area contributed by atoms with Crippen molar-refractivity contribution in [2.24, 2.45) is 0 Å². The molecule has 0 radical (unpaired) electrons. The van der Waals surface area contributed by atoms with Crippen LogP contribution in [0.5, 0.6) is 0 Å². The molecule has 0 spiro atoms. The Balaban J connectivity index is 1.41. The Labute approximate surface area is 141 Å². The normalized spacial score (nSPS) is 20.3. The van der Waals surface area contributed by atoms with Crippen molar-refractivity contribution in [3.63, 3.8) is 0 Å². The Kier molecular flexibility index (Phi) is 5.43. The zero-order valence-corrected chi connectivity index (χ0v) is 14.0. The quantitative estimate of drug-likeness (QED) is 0.814. The summed E-state index contributed by atoms with van der Waals surface area (Å²) in [6, 6.07) is 8.22. The summed E-state index contributed by atoms with van der Waals surface area (Å²) in [5, 5.41) is 5.97. The molecule has 1 atom stereocenters. The number of hydrogen-bond acceptors (Lipinski definition) is 3. The summed E-state index contributed by atoms with van der Waals surface area (Å²) in [5.74, 6) is 1.27. The van der Waals surface area contributed by atoms with Crippen LogP contribution in [0.2, 0.25) is 0 Å². The van der Waals surface area contributed by atoms with Crippen molar-refractivity contribution < 1.29 is 9.59 Å². The van der Waals surface area contributed by atoms with Crippen molar-refractivity contribution in [3.8, 4) is 0 Å². The summed E-state index contributed by atoms with van der Waals surface area (Å²) in [7, 11) is 0. The standard InChI is InChI=1S/C17H23N3O2S/c21-16-7-3-10-20(16)11-4-9-18-17(22)19-14-8-12-23-15-6-2-1-5-13(14)15/h1-2,5-6,14H,3-4,7-12H2,(H2,18,19,22)/t14-/m1/s1. The third-order valence-electron chi connectivity index (χ3n) is 4.33. The number of nitrogens with zero attached hydrogens (tertiary/aromatic N) is 1. The summed E-state index contributed by atoms with van der Waals surface area (Å²) in [6.45, 7) is 2.20. The number of benzene rings is 1.